The van der Waals surface area contributed by atoms with Gasteiger partial charge in [-0.1, -0.05) is 23.2 Å². The third-order valence-electron chi connectivity index (χ3n) is 2.16. The molecule has 0 atom stereocenters. The Morgan fingerprint density at radius 1 is 1.37 bits per heavy atom. The van der Waals surface area contributed by atoms with Gasteiger partial charge in [-0.2, -0.15) is 5.26 Å². The van der Waals surface area contributed by atoms with Gasteiger partial charge in [-0.15, -0.1) is 0 Å². The van der Waals surface area contributed by atoms with Crippen molar-refractivity contribution in [3.8, 4) is 17.7 Å². The largest absolute Gasteiger partial charge is 0.436 e. The van der Waals surface area contributed by atoms with E-state index in [1.807, 2.05) is 6.07 Å². The van der Waals surface area contributed by atoms with Crippen molar-refractivity contribution in [3.63, 3.8) is 0 Å². The van der Waals surface area contributed by atoms with Gasteiger partial charge in [-0.3, -0.25) is 0 Å². The molecule has 1 aromatic heterocycles. The molecular formula is C12H4BrCl2FN2O. The Balaban J connectivity index is 2.43. The molecular weight excluding hydrogens is 358 g/mol. The molecule has 0 fully saturated rings. The van der Waals surface area contributed by atoms with Crippen molar-refractivity contribution in [2.45, 2.75) is 0 Å². The Morgan fingerprint density at radius 3 is 2.79 bits per heavy atom. The summed E-state index contributed by atoms with van der Waals surface area (Å²) in [5.41, 5.74) is 0.220. The second kappa shape index (κ2) is 5.74. The van der Waals surface area contributed by atoms with Crippen molar-refractivity contribution in [3.05, 3.63) is 50.3 Å². The number of hydrogen-bond acceptors (Lipinski definition) is 3. The number of nitrogens with zero attached hydrogens (tertiary/aromatic N) is 2. The van der Waals surface area contributed by atoms with Crippen molar-refractivity contribution < 1.29 is 9.13 Å². The van der Waals surface area contributed by atoms with Crippen LogP contribution < -0.4 is 4.74 Å². The SMILES string of the molecule is N#Cc1ccnc(Oc2cc(F)c(Cl)cc2Br)c1Cl. The summed E-state index contributed by atoms with van der Waals surface area (Å²) in [6, 6.07) is 5.80. The van der Waals surface area contributed by atoms with Crippen LogP contribution in [0.5, 0.6) is 11.6 Å². The van der Waals surface area contributed by atoms with E-state index < -0.39 is 5.82 Å². The molecule has 1 heterocycles. The molecule has 0 saturated heterocycles. The van der Waals surface area contributed by atoms with Crippen molar-refractivity contribution in [1.29, 1.82) is 5.26 Å². The summed E-state index contributed by atoms with van der Waals surface area (Å²) < 4.78 is 19.2. The van der Waals surface area contributed by atoms with Crippen LogP contribution in [0.3, 0.4) is 0 Å². The zero-order valence-corrected chi connectivity index (χ0v) is 12.2. The van der Waals surface area contributed by atoms with Gasteiger partial charge in [-0.05, 0) is 28.1 Å². The summed E-state index contributed by atoms with van der Waals surface area (Å²) in [7, 11) is 0. The fourth-order valence-electron chi connectivity index (χ4n) is 1.27. The highest BCUT2D eigenvalue weighted by Crippen LogP contribution is 2.36. The molecule has 19 heavy (non-hydrogen) atoms. The van der Waals surface area contributed by atoms with E-state index in [9.17, 15) is 4.39 Å². The molecule has 0 aliphatic heterocycles. The minimum atomic E-state index is -0.632. The Hall–Kier alpha value is -1.35. The fourth-order valence-corrected chi connectivity index (χ4v) is 2.18. The molecule has 2 aromatic rings. The van der Waals surface area contributed by atoms with Crippen LogP contribution in [0.2, 0.25) is 10.0 Å². The first-order chi connectivity index (χ1) is 9.02. The van der Waals surface area contributed by atoms with Gasteiger partial charge in [0.15, 0.2) is 0 Å². The molecule has 0 amide bonds. The van der Waals surface area contributed by atoms with Gasteiger partial charge >= 0.3 is 0 Å². The maximum atomic E-state index is 13.4. The van der Waals surface area contributed by atoms with Crippen LogP contribution in [-0.4, -0.2) is 4.98 Å². The first kappa shape index (κ1) is 14.1. The number of benzene rings is 1. The van der Waals surface area contributed by atoms with Gasteiger partial charge in [0.25, 0.3) is 0 Å². The van der Waals surface area contributed by atoms with Crippen LogP contribution in [0, 0.1) is 17.1 Å². The Bertz CT molecular complexity index is 688. The fraction of sp³-hybridized carbons (Fsp3) is 0. The van der Waals surface area contributed by atoms with Crippen LogP contribution in [0.1, 0.15) is 5.56 Å². The lowest BCUT2D eigenvalue weighted by atomic mass is 10.3. The molecule has 0 radical (unpaired) electrons. The summed E-state index contributed by atoms with van der Waals surface area (Å²) in [5, 5.41) is 8.86. The van der Waals surface area contributed by atoms with Crippen LogP contribution in [-0.2, 0) is 0 Å². The van der Waals surface area contributed by atoms with Crippen molar-refractivity contribution in [2.75, 3.05) is 0 Å². The van der Waals surface area contributed by atoms with Gasteiger partial charge < -0.3 is 4.74 Å². The molecule has 0 unspecified atom stereocenters. The zero-order valence-electron chi connectivity index (χ0n) is 9.12. The molecule has 0 bridgehead atoms. The summed E-state index contributed by atoms with van der Waals surface area (Å²) in [6.45, 7) is 0. The van der Waals surface area contributed by atoms with Crippen LogP contribution in [0.4, 0.5) is 4.39 Å². The van der Waals surface area contributed by atoms with E-state index in [-0.39, 0.29) is 27.2 Å². The highest BCUT2D eigenvalue weighted by molar-refractivity contribution is 9.10. The van der Waals surface area contributed by atoms with E-state index in [4.69, 9.17) is 33.2 Å². The molecule has 7 heteroatoms. The molecule has 0 spiro atoms. The molecule has 96 valence electrons. The lowest BCUT2D eigenvalue weighted by Crippen LogP contribution is -1.93. The first-order valence-electron chi connectivity index (χ1n) is 4.90. The number of hydrogen-bond donors (Lipinski definition) is 0. The van der Waals surface area contributed by atoms with Crippen molar-refractivity contribution in [1.82, 2.24) is 4.98 Å². The van der Waals surface area contributed by atoms with E-state index in [1.54, 1.807) is 0 Å². The van der Waals surface area contributed by atoms with E-state index in [0.29, 0.717) is 4.47 Å². The Morgan fingerprint density at radius 2 is 2.11 bits per heavy atom. The molecule has 2 rings (SSSR count). The summed E-state index contributed by atoms with van der Waals surface area (Å²) in [4.78, 5) is 3.89. The van der Waals surface area contributed by atoms with Gasteiger partial charge in [0, 0.05) is 12.3 Å². The van der Waals surface area contributed by atoms with Crippen LogP contribution in [0.15, 0.2) is 28.9 Å². The average Bonchev–Trinajstić information content (AvgIpc) is 2.38. The minimum absolute atomic E-state index is 0.0168. The lowest BCUT2D eigenvalue weighted by Gasteiger charge is -2.09. The van der Waals surface area contributed by atoms with Gasteiger partial charge in [0.05, 0.1) is 15.1 Å². The van der Waals surface area contributed by atoms with E-state index in [1.165, 1.54) is 18.3 Å². The number of rotatable bonds is 2. The first-order valence-corrected chi connectivity index (χ1v) is 6.45. The standard InChI is InChI=1S/C12H4BrCl2FN2O/c13-7-3-8(14)9(16)4-10(7)19-12-11(15)6(5-17)1-2-18-12/h1-4H. The molecule has 0 aliphatic rings. The van der Waals surface area contributed by atoms with E-state index in [2.05, 4.69) is 20.9 Å². The minimum Gasteiger partial charge on any atom is -0.436 e. The van der Waals surface area contributed by atoms with Gasteiger partial charge in [0.2, 0.25) is 5.88 Å². The number of aromatic nitrogens is 1. The van der Waals surface area contributed by atoms with Gasteiger partial charge in [-0.25, -0.2) is 9.37 Å². The predicted molar refractivity (Wildman–Crippen MR) is 73.1 cm³/mol. The molecule has 3 nitrogen and oxygen atoms in total. The number of pyridine rings is 1. The van der Waals surface area contributed by atoms with Crippen molar-refractivity contribution in [2.24, 2.45) is 0 Å². The third kappa shape index (κ3) is 2.98. The quantitative estimate of drug-likeness (QED) is 0.710. The second-order valence-electron chi connectivity index (χ2n) is 3.39. The average molecular weight is 362 g/mol. The second-order valence-corrected chi connectivity index (χ2v) is 5.03. The van der Waals surface area contributed by atoms with E-state index in [0.717, 1.165) is 6.07 Å². The maximum absolute atomic E-state index is 13.4. The third-order valence-corrected chi connectivity index (χ3v) is 3.43. The normalized spacial score (nSPS) is 10.1. The smallest absolute Gasteiger partial charge is 0.239 e. The molecule has 0 aliphatic carbocycles. The number of ether oxygens (including phenoxy) is 1. The Kier molecular flexibility index (Phi) is 4.25. The van der Waals surface area contributed by atoms with Crippen LogP contribution in [0.25, 0.3) is 0 Å². The van der Waals surface area contributed by atoms with E-state index >= 15 is 0 Å². The lowest BCUT2D eigenvalue weighted by molar-refractivity contribution is 0.455. The number of halogens is 4. The zero-order chi connectivity index (χ0) is 14.0. The maximum Gasteiger partial charge on any atom is 0.239 e. The highest BCUT2D eigenvalue weighted by atomic mass is 79.9. The molecule has 0 saturated carbocycles. The Labute approximate surface area is 126 Å². The highest BCUT2D eigenvalue weighted by Gasteiger charge is 2.13. The summed E-state index contributed by atoms with van der Waals surface area (Å²) in [5.74, 6) is -0.457. The molecule has 1 aromatic carbocycles. The summed E-state index contributed by atoms with van der Waals surface area (Å²) >= 11 is 14.7. The predicted octanol–water partition coefficient (Wildman–Crippen LogP) is 4.95. The monoisotopic (exact) mass is 360 g/mol. The molecule has 0 N–H and O–H groups in total. The van der Waals surface area contributed by atoms with Crippen molar-refractivity contribution >= 4 is 39.1 Å². The van der Waals surface area contributed by atoms with Crippen LogP contribution >= 0.6 is 39.1 Å². The topological polar surface area (TPSA) is 45.9 Å². The van der Waals surface area contributed by atoms with Gasteiger partial charge in [0.1, 0.15) is 22.7 Å². The summed E-state index contributed by atoms with van der Waals surface area (Å²) in [6.07, 6.45) is 1.37. The number of nitriles is 1.